The average Bonchev–Trinajstić information content (AvgIpc) is 3.04. The summed E-state index contributed by atoms with van der Waals surface area (Å²) in [5.74, 6) is -0.939. The molecule has 168 valence electrons. The highest BCUT2D eigenvalue weighted by molar-refractivity contribution is 7.89. The van der Waals surface area contributed by atoms with Gasteiger partial charge >= 0.3 is 5.97 Å². The van der Waals surface area contributed by atoms with Crippen LogP contribution >= 0.6 is 11.3 Å². The van der Waals surface area contributed by atoms with Gasteiger partial charge in [-0.1, -0.05) is 12.8 Å². The number of anilines is 1. The highest BCUT2D eigenvalue weighted by atomic mass is 32.2. The van der Waals surface area contributed by atoms with Crippen LogP contribution in [-0.2, 0) is 14.8 Å². The lowest BCUT2D eigenvalue weighted by atomic mass is 10.2. The van der Waals surface area contributed by atoms with Crippen molar-refractivity contribution in [3.05, 3.63) is 34.8 Å². The number of benzene rings is 1. The molecule has 0 bridgehead atoms. The first-order valence-electron chi connectivity index (χ1n) is 9.99. The van der Waals surface area contributed by atoms with Gasteiger partial charge in [0, 0.05) is 18.5 Å². The van der Waals surface area contributed by atoms with E-state index in [1.165, 1.54) is 35.0 Å². The van der Waals surface area contributed by atoms with Crippen LogP contribution in [0, 0.1) is 0 Å². The molecule has 0 radical (unpaired) electrons. The second-order valence-corrected chi connectivity index (χ2v) is 9.69. The molecule has 11 heteroatoms. The monoisotopic (exact) mass is 467 g/mol. The highest BCUT2D eigenvalue weighted by Crippen LogP contribution is 2.27. The summed E-state index contributed by atoms with van der Waals surface area (Å²) < 4.78 is 37.8. The Hall–Kier alpha value is -2.50. The largest absolute Gasteiger partial charge is 0.496 e. The van der Waals surface area contributed by atoms with Gasteiger partial charge in [0.15, 0.2) is 10.8 Å². The van der Waals surface area contributed by atoms with E-state index in [4.69, 9.17) is 9.47 Å². The van der Waals surface area contributed by atoms with Gasteiger partial charge in [0.2, 0.25) is 10.0 Å². The summed E-state index contributed by atoms with van der Waals surface area (Å²) in [6.07, 6.45) is 3.64. The number of hydrogen-bond donors (Lipinski definition) is 1. The molecular formula is C20H25N3O6S2. The van der Waals surface area contributed by atoms with Crippen molar-refractivity contribution in [3.8, 4) is 5.75 Å². The minimum Gasteiger partial charge on any atom is -0.496 e. The molecule has 9 nitrogen and oxygen atoms in total. The average molecular weight is 468 g/mol. The van der Waals surface area contributed by atoms with Gasteiger partial charge in [-0.25, -0.2) is 18.2 Å². The minimum atomic E-state index is -3.73. The van der Waals surface area contributed by atoms with E-state index in [-0.39, 0.29) is 33.6 Å². The number of rotatable bonds is 7. The molecule has 0 unspecified atom stereocenters. The molecule has 0 spiro atoms. The number of thiazole rings is 1. The Morgan fingerprint density at radius 2 is 1.90 bits per heavy atom. The Balaban J connectivity index is 1.85. The number of nitrogens with one attached hydrogen (secondary N) is 1. The van der Waals surface area contributed by atoms with Crippen molar-refractivity contribution in [1.82, 2.24) is 9.29 Å². The van der Waals surface area contributed by atoms with Crippen LogP contribution in [0.25, 0.3) is 0 Å². The van der Waals surface area contributed by atoms with Crippen LogP contribution in [0.1, 0.15) is 53.5 Å². The Bertz CT molecular complexity index is 1040. The van der Waals surface area contributed by atoms with E-state index >= 15 is 0 Å². The van der Waals surface area contributed by atoms with Crippen molar-refractivity contribution in [2.24, 2.45) is 0 Å². The molecule has 0 saturated carbocycles. The lowest BCUT2D eigenvalue weighted by Gasteiger charge is -2.20. The second-order valence-electron chi connectivity index (χ2n) is 6.89. The number of amides is 1. The van der Waals surface area contributed by atoms with Crippen molar-refractivity contribution in [2.75, 3.05) is 32.1 Å². The van der Waals surface area contributed by atoms with Crippen LogP contribution in [0.5, 0.6) is 5.75 Å². The molecular weight excluding hydrogens is 442 g/mol. The van der Waals surface area contributed by atoms with Crippen molar-refractivity contribution < 1.29 is 27.5 Å². The topological polar surface area (TPSA) is 115 Å². The third kappa shape index (κ3) is 5.41. The molecule has 31 heavy (non-hydrogen) atoms. The van der Waals surface area contributed by atoms with Crippen LogP contribution in [-0.4, -0.2) is 56.4 Å². The minimum absolute atomic E-state index is 0.0340. The molecule has 1 N–H and O–H groups in total. The molecule has 0 atom stereocenters. The molecule has 1 aromatic carbocycles. The fraction of sp³-hybridized carbons (Fsp3) is 0.450. The molecule has 2 heterocycles. The van der Waals surface area contributed by atoms with Gasteiger partial charge in [-0.2, -0.15) is 4.31 Å². The molecule has 1 amide bonds. The van der Waals surface area contributed by atoms with Crippen LogP contribution in [0.15, 0.2) is 28.5 Å². The van der Waals surface area contributed by atoms with Crippen molar-refractivity contribution in [3.63, 3.8) is 0 Å². The fourth-order valence-corrected chi connectivity index (χ4v) is 5.47. The third-order valence-corrected chi connectivity index (χ3v) is 7.48. The number of aromatic nitrogens is 1. The number of carbonyl (C=O) groups excluding carboxylic acids is 2. The van der Waals surface area contributed by atoms with Gasteiger partial charge in [0.25, 0.3) is 5.91 Å². The number of nitrogens with zero attached hydrogens (tertiary/aromatic N) is 2. The number of sulfonamides is 1. The maximum absolute atomic E-state index is 13.1. The Kier molecular flexibility index (Phi) is 7.63. The SMILES string of the molecule is CCOC(=O)c1csc(NC(=O)c2cc(S(=O)(=O)N3CCCCCC3)ccc2OC)n1. The Morgan fingerprint density at radius 1 is 1.19 bits per heavy atom. The number of hydrogen-bond acceptors (Lipinski definition) is 8. The highest BCUT2D eigenvalue weighted by Gasteiger charge is 2.27. The maximum Gasteiger partial charge on any atom is 0.357 e. The first-order valence-corrected chi connectivity index (χ1v) is 12.3. The van der Waals surface area contributed by atoms with Gasteiger partial charge < -0.3 is 9.47 Å². The van der Waals surface area contributed by atoms with Crippen molar-refractivity contribution in [1.29, 1.82) is 0 Å². The first-order chi connectivity index (χ1) is 14.9. The Labute approximate surface area is 185 Å². The number of esters is 1. The van der Waals surface area contributed by atoms with E-state index < -0.39 is 21.9 Å². The molecule has 2 aromatic rings. The number of methoxy groups -OCH3 is 1. The molecule has 1 aromatic heterocycles. The molecule has 1 saturated heterocycles. The smallest absolute Gasteiger partial charge is 0.357 e. The lowest BCUT2D eigenvalue weighted by Crippen LogP contribution is -2.32. The van der Waals surface area contributed by atoms with E-state index in [0.29, 0.717) is 13.1 Å². The zero-order valence-corrected chi connectivity index (χ0v) is 19.1. The van der Waals surface area contributed by atoms with Gasteiger partial charge in [-0.3, -0.25) is 10.1 Å². The molecule has 0 aliphatic carbocycles. The standard InChI is InChI=1S/C20H25N3O6S2/c1-3-29-19(25)16-13-30-20(21-16)22-18(24)15-12-14(8-9-17(15)28-2)31(26,27)23-10-6-4-5-7-11-23/h8-9,12-13H,3-7,10-11H2,1-2H3,(H,21,22,24). The van der Waals surface area contributed by atoms with E-state index in [1.807, 2.05) is 0 Å². The lowest BCUT2D eigenvalue weighted by molar-refractivity contribution is 0.0520. The number of ether oxygens (including phenoxy) is 2. The van der Waals surface area contributed by atoms with Crippen molar-refractivity contribution >= 4 is 38.4 Å². The summed E-state index contributed by atoms with van der Waals surface area (Å²) in [4.78, 5) is 28.7. The van der Waals surface area contributed by atoms with Crippen LogP contribution < -0.4 is 10.1 Å². The van der Waals surface area contributed by atoms with Crippen LogP contribution in [0.4, 0.5) is 5.13 Å². The summed E-state index contributed by atoms with van der Waals surface area (Å²) in [5.41, 5.74) is 0.151. The maximum atomic E-state index is 13.1. The summed E-state index contributed by atoms with van der Waals surface area (Å²) >= 11 is 1.06. The van der Waals surface area contributed by atoms with Gasteiger partial charge in [0.1, 0.15) is 5.75 Å². The van der Waals surface area contributed by atoms with Crippen LogP contribution in [0.2, 0.25) is 0 Å². The predicted molar refractivity (Wildman–Crippen MR) is 116 cm³/mol. The predicted octanol–water partition coefficient (Wildman–Crippen LogP) is 3.15. The molecule has 1 aliphatic heterocycles. The molecule has 3 rings (SSSR count). The summed E-state index contributed by atoms with van der Waals surface area (Å²) in [6.45, 7) is 2.83. The molecule has 1 aliphatic rings. The van der Waals surface area contributed by atoms with E-state index in [1.54, 1.807) is 6.92 Å². The summed E-state index contributed by atoms with van der Waals surface area (Å²) in [7, 11) is -2.33. The first kappa shape index (κ1) is 23.2. The van der Waals surface area contributed by atoms with E-state index in [9.17, 15) is 18.0 Å². The quantitative estimate of drug-likeness (QED) is 0.622. The van der Waals surface area contributed by atoms with E-state index in [0.717, 1.165) is 37.0 Å². The zero-order chi connectivity index (χ0) is 22.4. The summed E-state index contributed by atoms with van der Waals surface area (Å²) in [5, 5.41) is 4.26. The van der Waals surface area contributed by atoms with Crippen LogP contribution in [0.3, 0.4) is 0 Å². The Morgan fingerprint density at radius 3 is 2.55 bits per heavy atom. The fourth-order valence-electron chi connectivity index (χ4n) is 3.25. The van der Waals surface area contributed by atoms with Crippen molar-refractivity contribution in [2.45, 2.75) is 37.5 Å². The van der Waals surface area contributed by atoms with Gasteiger partial charge in [0.05, 0.1) is 24.2 Å². The normalized spacial score (nSPS) is 15.2. The van der Waals surface area contributed by atoms with E-state index in [2.05, 4.69) is 10.3 Å². The summed E-state index contributed by atoms with van der Waals surface area (Å²) in [6, 6.07) is 4.22. The van der Waals surface area contributed by atoms with Gasteiger partial charge in [-0.05, 0) is 38.0 Å². The third-order valence-electron chi connectivity index (χ3n) is 4.83. The van der Waals surface area contributed by atoms with Gasteiger partial charge in [-0.15, -0.1) is 11.3 Å². The second kappa shape index (κ2) is 10.2. The zero-order valence-electron chi connectivity index (χ0n) is 17.4. The number of carbonyl (C=O) groups is 2. The molecule has 1 fully saturated rings.